The zero-order chi connectivity index (χ0) is 23.3. The monoisotopic (exact) mass is 442 g/mol. The van der Waals surface area contributed by atoms with Gasteiger partial charge in [0.05, 0.1) is 6.61 Å². The highest BCUT2D eigenvalue weighted by Gasteiger charge is 2.13. The fourth-order valence-corrected chi connectivity index (χ4v) is 3.25. The number of nitrogens with zero attached hydrogens (tertiary/aromatic N) is 3. The maximum atomic E-state index is 11.6. The van der Waals surface area contributed by atoms with E-state index >= 15 is 0 Å². The number of hydrogen-bond acceptors (Lipinski definition) is 7. The highest BCUT2D eigenvalue weighted by atomic mass is 16.5. The Morgan fingerprint density at radius 3 is 2.53 bits per heavy atom. The van der Waals surface area contributed by atoms with Crippen molar-refractivity contribution in [1.82, 2.24) is 15.5 Å². The van der Waals surface area contributed by atoms with Crippen LogP contribution in [0.25, 0.3) is 0 Å². The first-order chi connectivity index (χ1) is 15.4. The zero-order valence-corrected chi connectivity index (χ0v) is 19.9. The summed E-state index contributed by atoms with van der Waals surface area (Å²) in [6.45, 7) is 11.9. The van der Waals surface area contributed by atoms with Gasteiger partial charge in [-0.1, -0.05) is 43.2 Å². The molecule has 3 rings (SSSR count). The molecule has 0 saturated carbocycles. The Hall–Kier alpha value is -2.87. The van der Waals surface area contributed by atoms with Gasteiger partial charge in [0.25, 0.3) is 6.02 Å². The Bertz CT molecular complexity index is 810. The summed E-state index contributed by atoms with van der Waals surface area (Å²) in [5.41, 5.74) is 8.51. The second kappa shape index (κ2) is 13.5. The van der Waals surface area contributed by atoms with Crippen molar-refractivity contribution in [2.45, 2.75) is 66.0 Å². The molecular weight excluding hydrogens is 404 g/mol. The molecule has 32 heavy (non-hydrogen) atoms. The van der Waals surface area contributed by atoms with E-state index in [9.17, 15) is 4.79 Å². The maximum Gasteiger partial charge on any atom is 0.296 e. The average molecular weight is 443 g/mol. The third kappa shape index (κ3) is 9.51. The van der Waals surface area contributed by atoms with Crippen molar-refractivity contribution in [3.8, 4) is 0 Å². The minimum atomic E-state index is -0.525. The number of amides is 1. The Balaban J connectivity index is 0.000000242. The molecule has 176 valence electrons. The standard InChI is InChI=1S/C12H21N5O2.C12H17N/c1-4-5-6-19-12-16-9(3)15-8(2)11(18)14-7-10(13)17-12;1-11-4-6-12(7-5-11)10-13-8-2-3-9-13/h7-8H,4-6,13H2,1-3H3,(H,14,18)(H,15,16,17);4-7H,2-3,8-10H2,1H3/b10-7+;. The number of nitrogens with two attached hydrogens (primary N) is 1. The molecule has 0 spiro atoms. The zero-order valence-electron chi connectivity index (χ0n) is 19.9. The number of rotatable bonds is 5. The molecule has 8 heteroatoms. The van der Waals surface area contributed by atoms with E-state index in [0.29, 0.717) is 12.4 Å². The van der Waals surface area contributed by atoms with Gasteiger partial charge >= 0.3 is 0 Å². The van der Waals surface area contributed by atoms with Gasteiger partial charge in [0.2, 0.25) is 5.91 Å². The highest BCUT2D eigenvalue weighted by molar-refractivity contribution is 5.95. The van der Waals surface area contributed by atoms with E-state index in [1.165, 1.54) is 43.3 Å². The predicted molar refractivity (Wildman–Crippen MR) is 130 cm³/mol. The van der Waals surface area contributed by atoms with E-state index in [-0.39, 0.29) is 17.7 Å². The summed E-state index contributed by atoms with van der Waals surface area (Å²) in [5, 5.41) is 5.34. The lowest BCUT2D eigenvalue weighted by Crippen LogP contribution is -2.36. The van der Waals surface area contributed by atoms with Crippen molar-refractivity contribution in [3.05, 3.63) is 47.4 Å². The number of unbranched alkanes of at least 4 members (excludes halogenated alkanes) is 1. The fraction of sp³-hybridized carbons (Fsp3) is 0.542. The van der Waals surface area contributed by atoms with E-state index in [1.807, 2.05) is 0 Å². The van der Waals surface area contributed by atoms with Crippen LogP contribution in [0.1, 0.15) is 57.6 Å². The number of likely N-dealkylation sites (tertiary alicyclic amines) is 1. The molecule has 0 bridgehead atoms. The summed E-state index contributed by atoms with van der Waals surface area (Å²) in [6, 6.07) is 8.65. The normalized spacial score (nSPS) is 21.1. The van der Waals surface area contributed by atoms with E-state index in [0.717, 1.165) is 19.4 Å². The number of hydrogen-bond donors (Lipinski definition) is 3. The molecule has 0 radical (unpaired) electrons. The second-order valence-electron chi connectivity index (χ2n) is 8.17. The molecule has 1 aromatic rings. The molecule has 1 atom stereocenters. The summed E-state index contributed by atoms with van der Waals surface area (Å²) >= 11 is 0. The molecule has 1 fully saturated rings. The van der Waals surface area contributed by atoms with E-state index in [4.69, 9.17) is 10.5 Å². The van der Waals surface area contributed by atoms with Crippen LogP contribution in [0, 0.1) is 6.92 Å². The van der Waals surface area contributed by atoms with Gasteiger partial charge in [0, 0.05) is 12.7 Å². The summed E-state index contributed by atoms with van der Waals surface area (Å²) in [7, 11) is 0. The van der Waals surface area contributed by atoms with Gasteiger partial charge in [-0.25, -0.2) is 0 Å². The van der Waals surface area contributed by atoms with Crippen molar-refractivity contribution < 1.29 is 9.53 Å². The van der Waals surface area contributed by atoms with Crippen molar-refractivity contribution in [2.24, 2.45) is 15.7 Å². The number of ether oxygens (including phenoxy) is 1. The van der Waals surface area contributed by atoms with Crippen LogP contribution in [0.5, 0.6) is 0 Å². The van der Waals surface area contributed by atoms with Crippen molar-refractivity contribution >= 4 is 17.8 Å². The number of benzene rings is 1. The largest absolute Gasteiger partial charge is 0.465 e. The van der Waals surface area contributed by atoms with Crippen LogP contribution in [0.2, 0.25) is 0 Å². The summed E-state index contributed by atoms with van der Waals surface area (Å²) in [4.78, 5) is 22.4. The van der Waals surface area contributed by atoms with Crippen LogP contribution in [-0.2, 0) is 16.1 Å². The Kier molecular flexibility index (Phi) is 10.7. The maximum absolute atomic E-state index is 11.6. The quantitative estimate of drug-likeness (QED) is 0.608. The Morgan fingerprint density at radius 1 is 1.19 bits per heavy atom. The third-order valence-corrected chi connectivity index (χ3v) is 5.11. The SMILES string of the molecule is CCCCOC1=NC(C)=NC(C)C(=O)N/C=C(\N)N1.Cc1ccc(CN2CCCC2)cc1. The lowest BCUT2D eigenvalue weighted by Gasteiger charge is -2.14. The lowest BCUT2D eigenvalue weighted by atomic mass is 10.1. The Labute approximate surface area is 192 Å². The van der Waals surface area contributed by atoms with Gasteiger partial charge < -0.3 is 15.8 Å². The minimum Gasteiger partial charge on any atom is -0.465 e. The first kappa shape index (κ1) is 25.4. The number of aryl methyl sites for hydroxylation is 1. The number of nitrogens with one attached hydrogen (secondary N) is 2. The molecule has 2 aliphatic rings. The summed E-state index contributed by atoms with van der Waals surface area (Å²) in [6.07, 6.45) is 6.08. The number of aliphatic imine (C=N–C) groups is 2. The van der Waals surface area contributed by atoms with Gasteiger partial charge in [0.1, 0.15) is 17.7 Å². The second-order valence-corrected chi connectivity index (χ2v) is 8.17. The number of amidine groups is 2. The van der Waals surface area contributed by atoms with Gasteiger partial charge in [-0.3, -0.25) is 20.0 Å². The van der Waals surface area contributed by atoms with Crippen molar-refractivity contribution in [3.63, 3.8) is 0 Å². The Morgan fingerprint density at radius 2 is 1.88 bits per heavy atom. The molecule has 1 saturated heterocycles. The summed E-state index contributed by atoms with van der Waals surface area (Å²) in [5.74, 6) is 0.469. The molecule has 8 nitrogen and oxygen atoms in total. The molecule has 4 N–H and O–H groups in total. The van der Waals surface area contributed by atoms with Crippen LogP contribution in [0.4, 0.5) is 0 Å². The fourth-order valence-electron chi connectivity index (χ4n) is 3.25. The molecule has 1 aromatic carbocycles. The van der Waals surface area contributed by atoms with Gasteiger partial charge in [-0.05, 0) is 58.7 Å². The van der Waals surface area contributed by atoms with E-state index < -0.39 is 6.04 Å². The average Bonchev–Trinajstić information content (AvgIpc) is 3.26. The minimum absolute atomic E-state index is 0.241. The highest BCUT2D eigenvalue weighted by Crippen LogP contribution is 2.12. The first-order valence-corrected chi connectivity index (χ1v) is 11.4. The molecule has 1 amide bonds. The number of carbonyl (C=O) groups excluding carboxylic acids is 1. The van der Waals surface area contributed by atoms with Crippen molar-refractivity contribution in [1.29, 1.82) is 0 Å². The smallest absolute Gasteiger partial charge is 0.296 e. The topological polar surface area (TPSA) is 104 Å². The van der Waals surface area contributed by atoms with Crippen LogP contribution >= 0.6 is 0 Å². The van der Waals surface area contributed by atoms with Crippen LogP contribution in [0.15, 0.2) is 46.3 Å². The molecule has 0 aromatic heterocycles. The van der Waals surface area contributed by atoms with Crippen LogP contribution in [-0.4, -0.2) is 48.4 Å². The molecule has 2 aliphatic heterocycles. The van der Waals surface area contributed by atoms with Gasteiger partial charge in [0.15, 0.2) is 0 Å². The third-order valence-electron chi connectivity index (χ3n) is 5.11. The van der Waals surface area contributed by atoms with E-state index in [1.54, 1.807) is 13.8 Å². The van der Waals surface area contributed by atoms with Gasteiger partial charge in [-0.15, -0.1) is 0 Å². The van der Waals surface area contributed by atoms with Gasteiger partial charge in [-0.2, -0.15) is 4.99 Å². The first-order valence-electron chi connectivity index (χ1n) is 11.4. The molecule has 0 aliphatic carbocycles. The van der Waals surface area contributed by atoms with Crippen LogP contribution in [0.3, 0.4) is 0 Å². The predicted octanol–water partition coefficient (Wildman–Crippen LogP) is 3.03. The van der Waals surface area contributed by atoms with Crippen molar-refractivity contribution in [2.75, 3.05) is 19.7 Å². The van der Waals surface area contributed by atoms with Crippen LogP contribution < -0.4 is 16.4 Å². The summed E-state index contributed by atoms with van der Waals surface area (Å²) < 4.78 is 5.48. The molecule has 2 heterocycles. The van der Waals surface area contributed by atoms with E-state index in [2.05, 4.69) is 63.6 Å². The molecule has 1 unspecified atom stereocenters. The lowest BCUT2D eigenvalue weighted by molar-refractivity contribution is -0.121. The number of carbonyl (C=O) groups is 1. The molecular formula is C24H38N6O2.